The SMILES string of the molecule is COCC(C)N(C)S(=O)(=O)c1cnc(N)c(Cl)c1. The molecule has 0 bridgehead atoms. The first-order chi connectivity index (χ1) is 8.30. The van der Waals surface area contributed by atoms with Crippen molar-refractivity contribution in [2.24, 2.45) is 0 Å². The molecule has 0 aromatic carbocycles. The number of nitrogens with zero attached hydrogens (tertiary/aromatic N) is 2. The van der Waals surface area contributed by atoms with Gasteiger partial charge in [0.1, 0.15) is 10.7 Å². The van der Waals surface area contributed by atoms with Crippen LogP contribution in [0.5, 0.6) is 0 Å². The number of pyridine rings is 1. The van der Waals surface area contributed by atoms with Gasteiger partial charge in [-0.2, -0.15) is 4.31 Å². The fourth-order valence-corrected chi connectivity index (χ4v) is 2.87. The Balaban J connectivity index is 3.09. The maximum absolute atomic E-state index is 12.2. The number of aromatic nitrogens is 1. The Bertz CT molecular complexity index is 521. The van der Waals surface area contributed by atoms with Crippen molar-refractivity contribution in [2.75, 3.05) is 26.5 Å². The molecule has 0 saturated carbocycles. The Morgan fingerprint density at radius 3 is 2.72 bits per heavy atom. The van der Waals surface area contributed by atoms with Crippen molar-refractivity contribution in [1.82, 2.24) is 9.29 Å². The van der Waals surface area contributed by atoms with Crippen LogP contribution in [-0.2, 0) is 14.8 Å². The second kappa shape index (κ2) is 5.83. The second-order valence-corrected chi connectivity index (χ2v) is 6.27. The first-order valence-electron chi connectivity index (χ1n) is 5.18. The molecule has 0 amide bonds. The fraction of sp³-hybridized carbons (Fsp3) is 0.500. The lowest BCUT2D eigenvalue weighted by molar-refractivity contribution is 0.149. The van der Waals surface area contributed by atoms with E-state index in [1.807, 2.05) is 0 Å². The summed E-state index contributed by atoms with van der Waals surface area (Å²) in [7, 11) is -0.661. The highest BCUT2D eigenvalue weighted by Gasteiger charge is 2.26. The molecule has 6 nitrogen and oxygen atoms in total. The van der Waals surface area contributed by atoms with Crippen molar-refractivity contribution < 1.29 is 13.2 Å². The topological polar surface area (TPSA) is 85.5 Å². The number of anilines is 1. The average molecular weight is 294 g/mol. The fourth-order valence-electron chi connectivity index (χ4n) is 1.32. The molecule has 1 unspecified atom stereocenters. The van der Waals surface area contributed by atoms with E-state index in [9.17, 15) is 8.42 Å². The van der Waals surface area contributed by atoms with Crippen molar-refractivity contribution in [1.29, 1.82) is 0 Å². The van der Waals surface area contributed by atoms with Gasteiger partial charge in [0.25, 0.3) is 0 Å². The molecular formula is C10H16ClN3O3S. The number of ether oxygens (including phenoxy) is 1. The maximum Gasteiger partial charge on any atom is 0.244 e. The molecule has 0 aliphatic heterocycles. The molecule has 1 aromatic rings. The summed E-state index contributed by atoms with van der Waals surface area (Å²) in [5.74, 6) is 0.100. The largest absolute Gasteiger partial charge is 0.383 e. The van der Waals surface area contributed by atoms with Crippen LogP contribution in [0.4, 0.5) is 5.82 Å². The zero-order chi connectivity index (χ0) is 13.9. The highest BCUT2D eigenvalue weighted by atomic mass is 35.5. The standard InChI is InChI=1S/C10H16ClN3O3S/c1-7(6-17-3)14(2)18(15,16)8-4-9(11)10(12)13-5-8/h4-5,7H,6H2,1-3H3,(H2,12,13). The smallest absolute Gasteiger partial charge is 0.244 e. The van der Waals surface area contributed by atoms with Crippen molar-refractivity contribution in [2.45, 2.75) is 17.9 Å². The van der Waals surface area contributed by atoms with Crippen LogP contribution in [0.2, 0.25) is 5.02 Å². The Morgan fingerprint density at radius 1 is 1.61 bits per heavy atom. The van der Waals surface area contributed by atoms with Crippen LogP contribution < -0.4 is 5.73 Å². The van der Waals surface area contributed by atoms with E-state index in [2.05, 4.69) is 4.98 Å². The zero-order valence-corrected chi connectivity index (χ0v) is 12.0. The third-order valence-corrected chi connectivity index (χ3v) is 4.79. The quantitative estimate of drug-likeness (QED) is 0.874. The molecule has 0 aliphatic rings. The lowest BCUT2D eigenvalue weighted by atomic mass is 10.4. The van der Waals surface area contributed by atoms with E-state index < -0.39 is 10.0 Å². The van der Waals surface area contributed by atoms with Crippen LogP contribution in [-0.4, -0.2) is 44.5 Å². The summed E-state index contributed by atoms with van der Waals surface area (Å²) in [6.07, 6.45) is 1.19. The number of nitrogen functional groups attached to an aromatic ring is 1. The Morgan fingerprint density at radius 2 is 2.22 bits per heavy atom. The minimum atomic E-state index is -3.65. The van der Waals surface area contributed by atoms with Gasteiger partial charge in [0, 0.05) is 26.4 Å². The Kier molecular flexibility index (Phi) is 4.92. The molecule has 102 valence electrons. The van der Waals surface area contributed by atoms with Crippen LogP contribution >= 0.6 is 11.6 Å². The van der Waals surface area contributed by atoms with E-state index in [1.165, 1.54) is 30.7 Å². The molecule has 2 N–H and O–H groups in total. The molecule has 18 heavy (non-hydrogen) atoms. The summed E-state index contributed by atoms with van der Waals surface area (Å²) in [6.45, 7) is 2.04. The van der Waals surface area contributed by atoms with Gasteiger partial charge in [-0.05, 0) is 13.0 Å². The average Bonchev–Trinajstić information content (AvgIpc) is 2.31. The molecule has 0 spiro atoms. The summed E-state index contributed by atoms with van der Waals surface area (Å²) < 4.78 is 30.6. The van der Waals surface area contributed by atoms with E-state index in [0.717, 1.165) is 0 Å². The maximum atomic E-state index is 12.2. The van der Waals surface area contributed by atoms with E-state index in [1.54, 1.807) is 6.92 Å². The highest BCUT2D eigenvalue weighted by molar-refractivity contribution is 7.89. The van der Waals surface area contributed by atoms with Crippen LogP contribution in [0.3, 0.4) is 0 Å². The molecule has 1 atom stereocenters. The summed E-state index contributed by atoms with van der Waals surface area (Å²) in [6, 6.07) is 0.992. The second-order valence-electron chi connectivity index (χ2n) is 3.86. The molecule has 1 heterocycles. The third kappa shape index (κ3) is 3.11. The Hall–Kier alpha value is -0.890. The minimum Gasteiger partial charge on any atom is -0.383 e. The minimum absolute atomic E-state index is 0.00662. The van der Waals surface area contributed by atoms with Gasteiger partial charge in [0.05, 0.1) is 11.6 Å². The number of hydrogen-bond acceptors (Lipinski definition) is 5. The number of likely N-dealkylation sites (N-methyl/N-ethyl adjacent to an activating group) is 1. The highest BCUT2D eigenvalue weighted by Crippen LogP contribution is 2.22. The van der Waals surface area contributed by atoms with Gasteiger partial charge >= 0.3 is 0 Å². The van der Waals surface area contributed by atoms with Gasteiger partial charge in [-0.15, -0.1) is 0 Å². The zero-order valence-electron chi connectivity index (χ0n) is 10.4. The lowest BCUT2D eigenvalue weighted by Crippen LogP contribution is -2.37. The van der Waals surface area contributed by atoms with Crippen LogP contribution in [0, 0.1) is 0 Å². The van der Waals surface area contributed by atoms with Gasteiger partial charge in [0.2, 0.25) is 10.0 Å². The number of nitrogens with two attached hydrogens (primary N) is 1. The van der Waals surface area contributed by atoms with E-state index in [4.69, 9.17) is 22.1 Å². The van der Waals surface area contributed by atoms with Crippen molar-refractivity contribution in [3.63, 3.8) is 0 Å². The molecular weight excluding hydrogens is 278 g/mol. The van der Waals surface area contributed by atoms with Crippen molar-refractivity contribution in [3.8, 4) is 0 Å². The van der Waals surface area contributed by atoms with E-state index in [-0.39, 0.29) is 21.8 Å². The monoisotopic (exact) mass is 293 g/mol. The molecule has 0 aliphatic carbocycles. The van der Waals surface area contributed by atoms with Crippen molar-refractivity contribution >= 4 is 27.4 Å². The summed E-state index contributed by atoms with van der Waals surface area (Å²) in [4.78, 5) is 3.75. The molecule has 1 aromatic heterocycles. The predicted octanol–water partition coefficient (Wildman–Crippen LogP) is 0.973. The van der Waals surface area contributed by atoms with E-state index in [0.29, 0.717) is 6.61 Å². The van der Waals surface area contributed by atoms with Crippen LogP contribution in [0.15, 0.2) is 17.2 Å². The summed E-state index contributed by atoms with van der Waals surface area (Å²) in [5, 5.41) is 0.115. The van der Waals surface area contributed by atoms with Gasteiger partial charge < -0.3 is 10.5 Å². The first kappa shape index (κ1) is 15.2. The van der Waals surface area contributed by atoms with Gasteiger partial charge in [-0.1, -0.05) is 11.6 Å². The van der Waals surface area contributed by atoms with E-state index >= 15 is 0 Å². The van der Waals surface area contributed by atoms with Gasteiger partial charge in [-0.3, -0.25) is 0 Å². The molecule has 0 fully saturated rings. The molecule has 0 radical (unpaired) electrons. The predicted molar refractivity (Wildman–Crippen MR) is 69.9 cm³/mol. The molecule has 1 rings (SSSR count). The van der Waals surface area contributed by atoms with Crippen molar-refractivity contribution in [3.05, 3.63) is 17.3 Å². The number of hydrogen-bond donors (Lipinski definition) is 1. The third-order valence-electron chi connectivity index (χ3n) is 2.55. The van der Waals surface area contributed by atoms with Gasteiger partial charge in [0.15, 0.2) is 0 Å². The number of halogens is 1. The lowest BCUT2D eigenvalue weighted by Gasteiger charge is -2.23. The first-order valence-corrected chi connectivity index (χ1v) is 7.00. The summed E-state index contributed by atoms with van der Waals surface area (Å²) >= 11 is 5.77. The summed E-state index contributed by atoms with van der Waals surface area (Å²) in [5.41, 5.74) is 5.44. The number of rotatable bonds is 5. The molecule has 8 heteroatoms. The molecule has 0 saturated heterocycles. The number of sulfonamides is 1. The van der Waals surface area contributed by atoms with Crippen LogP contribution in [0.1, 0.15) is 6.92 Å². The number of methoxy groups -OCH3 is 1. The van der Waals surface area contributed by atoms with Crippen LogP contribution in [0.25, 0.3) is 0 Å². The van der Waals surface area contributed by atoms with Gasteiger partial charge in [-0.25, -0.2) is 13.4 Å². The normalized spacial score (nSPS) is 13.8. The Labute approximate surface area is 112 Å².